The van der Waals surface area contributed by atoms with E-state index in [1.54, 1.807) is 7.05 Å². The number of aromatic nitrogens is 4. The van der Waals surface area contributed by atoms with E-state index in [9.17, 15) is 9.59 Å². The lowest BCUT2D eigenvalue weighted by atomic mass is 10.2. The molecule has 0 saturated carbocycles. The van der Waals surface area contributed by atoms with Crippen LogP contribution in [0.1, 0.15) is 20.3 Å². The highest BCUT2D eigenvalue weighted by Crippen LogP contribution is 2.29. The fraction of sp³-hybridized carbons (Fsp3) is 0.333. The number of thioether (sulfide) groups is 1. The molecule has 6 nitrogen and oxygen atoms in total. The first-order valence-electron chi connectivity index (χ1n) is 8.13. The quantitative estimate of drug-likeness (QED) is 0.531. The van der Waals surface area contributed by atoms with Gasteiger partial charge in [0.15, 0.2) is 11.5 Å². The van der Waals surface area contributed by atoms with Gasteiger partial charge in [-0.2, -0.15) is 0 Å². The molecule has 0 amide bonds. The smallest absolute Gasteiger partial charge is 0.280 e. The molecule has 1 atom stereocenters. The number of nitrogens with zero attached hydrogens (tertiary/aromatic N) is 4. The topological polar surface area (TPSA) is 69.8 Å². The first kappa shape index (κ1) is 17.4. The third kappa shape index (κ3) is 3.11. The Morgan fingerprint density at radius 3 is 2.40 bits per heavy atom. The van der Waals surface area contributed by atoms with Gasteiger partial charge in [-0.1, -0.05) is 44.2 Å². The van der Waals surface area contributed by atoms with Gasteiger partial charge in [-0.25, -0.2) is 14.8 Å². The Kier molecular flexibility index (Phi) is 4.76. The average Bonchev–Trinajstić information content (AvgIpc) is 2.64. The molecule has 0 aliphatic heterocycles. The van der Waals surface area contributed by atoms with Crippen LogP contribution in [0.4, 0.5) is 0 Å². The van der Waals surface area contributed by atoms with Crippen LogP contribution in [-0.4, -0.2) is 24.4 Å². The molecule has 0 radical (unpaired) electrons. The van der Waals surface area contributed by atoms with Gasteiger partial charge in [0.05, 0.1) is 0 Å². The van der Waals surface area contributed by atoms with Crippen molar-refractivity contribution >= 4 is 22.8 Å². The second-order valence-corrected chi connectivity index (χ2v) is 7.39. The number of aryl methyl sites for hydroxylation is 1. The fourth-order valence-corrected chi connectivity index (χ4v) is 3.49. The van der Waals surface area contributed by atoms with Crippen LogP contribution in [0.3, 0.4) is 0 Å². The number of rotatable bonds is 4. The normalized spacial score (nSPS) is 12.5. The Bertz CT molecular complexity index is 1040. The molecule has 0 bridgehead atoms. The standard InChI is InChI=1S/C18H20N4O2S/c1-5-11(2)25-16-13-15(21(3)18(24)22(4)17(13)23)19-14(20-16)12-9-7-6-8-10-12/h6-11H,5H2,1-4H3/t11-/m0/s1. The third-order valence-corrected chi connectivity index (χ3v) is 5.44. The van der Waals surface area contributed by atoms with E-state index in [2.05, 4.69) is 23.8 Å². The van der Waals surface area contributed by atoms with E-state index in [0.717, 1.165) is 16.6 Å². The molecule has 2 aromatic heterocycles. The Morgan fingerprint density at radius 1 is 1.08 bits per heavy atom. The Labute approximate surface area is 149 Å². The Hall–Kier alpha value is -2.41. The van der Waals surface area contributed by atoms with Crippen molar-refractivity contribution in [1.29, 1.82) is 0 Å². The summed E-state index contributed by atoms with van der Waals surface area (Å²) in [5.74, 6) is 0.516. The number of benzene rings is 1. The zero-order valence-electron chi connectivity index (χ0n) is 14.7. The predicted octanol–water partition coefficient (Wildman–Crippen LogP) is 2.58. The summed E-state index contributed by atoms with van der Waals surface area (Å²) in [5.41, 5.74) is 0.467. The largest absolute Gasteiger partial charge is 0.332 e. The summed E-state index contributed by atoms with van der Waals surface area (Å²) < 4.78 is 2.51. The first-order valence-corrected chi connectivity index (χ1v) is 9.01. The van der Waals surface area contributed by atoms with Gasteiger partial charge in [-0.15, -0.1) is 11.8 Å². The molecule has 25 heavy (non-hydrogen) atoms. The summed E-state index contributed by atoms with van der Waals surface area (Å²) in [5, 5.41) is 1.31. The second-order valence-electron chi connectivity index (χ2n) is 5.96. The molecule has 7 heteroatoms. The zero-order valence-corrected chi connectivity index (χ0v) is 15.5. The molecule has 2 heterocycles. The van der Waals surface area contributed by atoms with Gasteiger partial charge in [0, 0.05) is 24.9 Å². The summed E-state index contributed by atoms with van der Waals surface area (Å²) >= 11 is 1.54. The van der Waals surface area contributed by atoms with Gasteiger partial charge in [0.25, 0.3) is 5.56 Å². The molecular formula is C18H20N4O2S. The number of hydrogen-bond acceptors (Lipinski definition) is 5. The first-order chi connectivity index (χ1) is 11.9. The highest BCUT2D eigenvalue weighted by atomic mass is 32.2. The van der Waals surface area contributed by atoms with Crippen molar-refractivity contribution in [2.45, 2.75) is 30.5 Å². The van der Waals surface area contributed by atoms with E-state index in [4.69, 9.17) is 0 Å². The summed E-state index contributed by atoms with van der Waals surface area (Å²) in [6, 6.07) is 9.57. The molecule has 130 valence electrons. The maximum Gasteiger partial charge on any atom is 0.332 e. The van der Waals surface area contributed by atoms with Crippen LogP contribution in [-0.2, 0) is 14.1 Å². The maximum atomic E-state index is 12.7. The van der Waals surface area contributed by atoms with Crippen molar-refractivity contribution < 1.29 is 0 Å². The summed E-state index contributed by atoms with van der Waals surface area (Å²) in [4.78, 5) is 34.2. The molecule has 3 aromatic rings. The fourth-order valence-electron chi connectivity index (χ4n) is 2.50. The minimum atomic E-state index is -0.394. The summed E-state index contributed by atoms with van der Waals surface area (Å²) in [6.45, 7) is 4.18. The van der Waals surface area contributed by atoms with E-state index in [0.29, 0.717) is 27.1 Å². The molecule has 0 aliphatic rings. The lowest BCUT2D eigenvalue weighted by Gasteiger charge is -2.14. The van der Waals surface area contributed by atoms with Crippen molar-refractivity contribution in [3.05, 3.63) is 51.2 Å². The third-order valence-electron chi connectivity index (χ3n) is 4.19. The molecule has 1 aromatic carbocycles. The summed E-state index contributed by atoms with van der Waals surface area (Å²) in [6.07, 6.45) is 0.947. The average molecular weight is 356 g/mol. The van der Waals surface area contributed by atoms with Crippen LogP contribution in [0.15, 0.2) is 44.9 Å². The molecule has 0 fully saturated rings. The van der Waals surface area contributed by atoms with Crippen LogP contribution in [0.25, 0.3) is 22.4 Å². The van der Waals surface area contributed by atoms with Crippen LogP contribution < -0.4 is 11.2 Å². The molecular weight excluding hydrogens is 336 g/mol. The van der Waals surface area contributed by atoms with Gasteiger partial charge in [-0.05, 0) is 6.42 Å². The van der Waals surface area contributed by atoms with E-state index in [-0.39, 0.29) is 5.56 Å². The van der Waals surface area contributed by atoms with E-state index >= 15 is 0 Å². The Balaban J connectivity index is 2.40. The van der Waals surface area contributed by atoms with Gasteiger partial charge < -0.3 is 0 Å². The molecule has 0 aliphatic carbocycles. The van der Waals surface area contributed by atoms with Gasteiger partial charge in [0.1, 0.15) is 10.4 Å². The van der Waals surface area contributed by atoms with Gasteiger partial charge in [0.2, 0.25) is 0 Å². The van der Waals surface area contributed by atoms with Crippen LogP contribution in [0.5, 0.6) is 0 Å². The highest BCUT2D eigenvalue weighted by Gasteiger charge is 2.19. The van der Waals surface area contributed by atoms with Crippen molar-refractivity contribution in [3.63, 3.8) is 0 Å². The molecule has 0 spiro atoms. The number of hydrogen-bond donors (Lipinski definition) is 0. The van der Waals surface area contributed by atoms with E-state index < -0.39 is 5.69 Å². The van der Waals surface area contributed by atoms with Crippen molar-refractivity contribution in [2.75, 3.05) is 0 Å². The minimum absolute atomic E-state index is 0.295. The van der Waals surface area contributed by atoms with E-state index in [1.165, 1.54) is 23.4 Å². The zero-order chi connectivity index (χ0) is 18.1. The summed E-state index contributed by atoms with van der Waals surface area (Å²) in [7, 11) is 3.11. The van der Waals surface area contributed by atoms with Gasteiger partial charge >= 0.3 is 5.69 Å². The Morgan fingerprint density at radius 2 is 1.76 bits per heavy atom. The molecule has 0 N–H and O–H groups in total. The lowest BCUT2D eigenvalue weighted by molar-refractivity contribution is 0.703. The van der Waals surface area contributed by atoms with Crippen molar-refractivity contribution in [3.8, 4) is 11.4 Å². The second kappa shape index (κ2) is 6.84. The van der Waals surface area contributed by atoms with E-state index in [1.807, 2.05) is 30.3 Å². The number of fused-ring (bicyclic) bond motifs is 1. The maximum absolute atomic E-state index is 12.7. The van der Waals surface area contributed by atoms with Crippen LogP contribution in [0.2, 0.25) is 0 Å². The lowest BCUT2D eigenvalue weighted by Crippen LogP contribution is -2.37. The van der Waals surface area contributed by atoms with Crippen molar-refractivity contribution in [1.82, 2.24) is 19.1 Å². The van der Waals surface area contributed by atoms with Gasteiger partial charge in [-0.3, -0.25) is 13.9 Å². The predicted molar refractivity (Wildman–Crippen MR) is 101 cm³/mol. The SMILES string of the molecule is CC[C@H](C)Sc1nc(-c2ccccc2)nc2c1c(=O)n(C)c(=O)n2C. The highest BCUT2D eigenvalue weighted by molar-refractivity contribution is 8.00. The van der Waals surface area contributed by atoms with Crippen molar-refractivity contribution in [2.24, 2.45) is 14.1 Å². The van der Waals surface area contributed by atoms with Crippen LogP contribution in [0, 0.1) is 0 Å². The molecule has 3 rings (SSSR count). The molecule has 0 saturated heterocycles. The minimum Gasteiger partial charge on any atom is -0.280 e. The molecule has 0 unspecified atom stereocenters. The monoisotopic (exact) mass is 356 g/mol. The van der Waals surface area contributed by atoms with Crippen LogP contribution >= 0.6 is 11.8 Å².